The van der Waals surface area contributed by atoms with Crippen LogP contribution in [0.4, 0.5) is 0 Å². The van der Waals surface area contributed by atoms with Crippen LogP contribution in [0.15, 0.2) is 24.3 Å². The number of fused-ring (bicyclic) bond motifs is 2. The Balaban J connectivity index is 1.40. The molecule has 4 rings (SSSR count). The molecule has 174 valence electrons. The molecule has 2 heterocycles. The van der Waals surface area contributed by atoms with Gasteiger partial charge in [0.05, 0.1) is 18.7 Å². The number of benzene rings is 1. The first-order valence-electron chi connectivity index (χ1n) is 11.8. The van der Waals surface area contributed by atoms with Crippen molar-refractivity contribution in [1.82, 2.24) is 20.9 Å². The van der Waals surface area contributed by atoms with E-state index in [2.05, 4.69) is 28.1 Å². The number of rotatable bonds is 6. The third-order valence-electron chi connectivity index (χ3n) is 6.99. The number of hydrogen-bond donors (Lipinski definition) is 3. The molecule has 2 aliphatic heterocycles. The summed E-state index contributed by atoms with van der Waals surface area (Å²) in [5.74, 6) is -0.407. The summed E-state index contributed by atoms with van der Waals surface area (Å²) in [7, 11) is 1.71. The third-order valence-corrected chi connectivity index (χ3v) is 6.99. The van der Waals surface area contributed by atoms with Crippen LogP contribution in [0.25, 0.3) is 0 Å². The highest BCUT2D eigenvalue weighted by Gasteiger charge is 2.43. The second-order valence-corrected chi connectivity index (χ2v) is 9.08. The maximum Gasteiger partial charge on any atom is 0.247 e. The first kappa shape index (κ1) is 22.7. The monoisotopic (exact) mass is 442 g/mol. The van der Waals surface area contributed by atoms with E-state index in [1.54, 1.807) is 18.9 Å². The molecule has 0 saturated carbocycles. The highest BCUT2D eigenvalue weighted by molar-refractivity contribution is 5.90. The predicted octanol–water partition coefficient (Wildman–Crippen LogP) is 1.40. The van der Waals surface area contributed by atoms with E-state index < -0.39 is 6.04 Å². The van der Waals surface area contributed by atoms with Crippen molar-refractivity contribution in [3.8, 4) is 0 Å². The van der Waals surface area contributed by atoms with Gasteiger partial charge in [-0.2, -0.15) is 0 Å². The first-order valence-corrected chi connectivity index (χ1v) is 11.8. The van der Waals surface area contributed by atoms with E-state index in [0.29, 0.717) is 19.4 Å². The molecule has 0 radical (unpaired) electrons. The number of hydrogen-bond acceptors (Lipinski definition) is 5. The molecule has 5 atom stereocenters. The minimum Gasteiger partial charge on any atom is -0.358 e. The van der Waals surface area contributed by atoms with Gasteiger partial charge in [-0.05, 0) is 57.2 Å². The molecule has 8 heteroatoms. The highest BCUT2D eigenvalue weighted by atomic mass is 16.5. The van der Waals surface area contributed by atoms with Gasteiger partial charge in [-0.25, -0.2) is 0 Å². The lowest BCUT2D eigenvalue weighted by Gasteiger charge is -2.31. The lowest BCUT2D eigenvalue weighted by atomic mass is 9.87. The van der Waals surface area contributed by atoms with Gasteiger partial charge in [0.25, 0.3) is 0 Å². The fourth-order valence-electron chi connectivity index (χ4n) is 5.09. The number of aryl methyl sites for hydroxylation is 1. The maximum atomic E-state index is 13.3. The Hall–Kier alpha value is -2.45. The van der Waals surface area contributed by atoms with E-state index in [9.17, 15) is 14.4 Å². The standard InChI is InChI=1S/C24H34N4O4/c1-15(25-2)23(30)27-20-12-13-32-22-11-10-17(28(22)24(20)31)14-21(29)26-19-9-5-7-16-6-3-4-8-18(16)19/h3-4,6,8,15,17,19-20,22,25H,5,7,9-14H2,1-2H3,(H,26,29)(H,27,30)/t15-,17?,19+,20-,22-/m0/s1. The Morgan fingerprint density at radius 3 is 2.75 bits per heavy atom. The molecule has 2 fully saturated rings. The van der Waals surface area contributed by atoms with Crippen LogP contribution in [-0.4, -0.2) is 60.6 Å². The molecule has 0 bridgehead atoms. The Labute approximate surface area is 189 Å². The van der Waals surface area contributed by atoms with Gasteiger partial charge in [-0.15, -0.1) is 0 Å². The number of nitrogens with zero attached hydrogens (tertiary/aromatic N) is 1. The Kier molecular flexibility index (Phi) is 7.10. The summed E-state index contributed by atoms with van der Waals surface area (Å²) >= 11 is 0. The van der Waals surface area contributed by atoms with Gasteiger partial charge >= 0.3 is 0 Å². The SMILES string of the molecule is CN[C@@H](C)C(=O)N[C@H]1CCO[C@H]2CCC(CC(=O)N[C@@H]3CCCc4ccccc43)N2C1=O. The molecule has 1 unspecified atom stereocenters. The van der Waals surface area contributed by atoms with Gasteiger partial charge in [0.2, 0.25) is 17.7 Å². The van der Waals surface area contributed by atoms with Crippen molar-refractivity contribution < 1.29 is 19.1 Å². The van der Waals surface area contributed by atoms with Gasteiger partial charge in [0, 0.05) is 18.9 Å². The smallest absolute Gasteiger partial charge is 0.247 e. The minimum atomic E-state index is -0.628. The molecular weight excluding hydrogens is 408 g/mol. The van der Waals surface area contributed by atoms with E-state index in [1.807, 2.05) is 12.1 Å². The van der Waals surface area contributed by atoms with Gasteiger partial charge in [-0.3, -0.25) is 14.4 Å². The van der Waals surface area contributed by atoms with Crippen LogP contribution in [0.5, 0.6) is 0 Å². The van der Waals surface area contributed by atoms with Crippen LogP contribution in [0.3, 0.4) is 0 Å². The van der Waals surface area contributed by atoms with Crippen molar-refractivity contribution >= 4 is 17.7 Å². The van der Waals surface area contributed by atoms with Crippen molar-refractivity contribution in [2.75, 3.05) is 13.7 Å². The number of carbonyl (C=O) groups excluding carboxylic acids is 3. The zero-order valence-corrected chi connectivity index (χ0v) is 18.9. The average molecular weight is 443 g/mol. The zero-order chi connectivity index (χ0) is 22.7. The Bertz CT molecular complexity index is 860. The summed E-state index contributed by atoms with van der Waals surface area (Å²) < 4.78 is 5.91. The van der Waals surface area contributed by atoms with Gasteiger partial charge in [0.15, 0.2) is 0 Å². The second-order valence-electron chi connectivity index (χ2n) is 9.08. The van der Waals surface area contributed by atoms with Crippen LogP contribution in [0.1, 0.15) is 62.6 Å². The molecule has 3 N–H and O–H groups in total. The largest absolute Gasteiger partial charge is 0.358 e. The van der Waals surface area contributed by atoms with Crippen molar-refractivity contribution in [2.24, 2.45) is 0 Å². The topological polar surface area (TPSA) is 99.8 Å². The van der Waals surface area contributed by atoms with Crippen LogP contribution in [-0.2, 0) is 25.5 Å². The number of likely N-dealkylation sites (N-methyl/N-ethyl adjacent to an activating group) is 1. The van der Waals surface area contributed by atoms with Crippen LogP contribution >= 0.6 is 0 Å². The third kappa shape index (κ3) is 4.81. The molecule has 1 aromatic carbocycles. The molecule has 2 saturated heterocycles. The normalized spacial score (nSPS) is 28.3. The van der Waals surface area contributed by atoms with Crippen molar-refractivity contribution in [1.29, 1.82) is 0 Å². The molecule has 1 aliphatic carbocycles. The number of carbonyl (C=O) groups is 3. The van der Waals surface area contributed by atoms with Crippen molar-refractivity contribution in [2.45, 2.75) is 82.3 Å². The maximum absolute atomic E-state index is 13.3. The first-order chi connectivity index (χ1) is 15.5. The summed E-state index contributed by atoms with van der Waals surface area (Å²) in [6.07, 6.45) is 4.83. The second kappa shape index (κ2) is 10.0. The molecule has 0 spiro atoms. The quantitative estimate of drug-likeness (QED) is 0.619. The highest BCUT2D eigenvalue weighted by Crippen LogP contribution is 2.32. The fourth-order valence-corrected chi connectivity index (χ4v) is 5.09. The Morgan fingerprint density at radius 1 is 1.12 bits per heavy atom. The molecular formula is C24H34N4O4. The van der Waals surface area contributed by atoms with E-state index in [4.69, 9.17) is 4.74 Å². The van der Waals surface area contributed by atoms with E-state index >= 15 is 0 Å². The van der Waals surface area contributed by atoms with Crippen LogP contribution < -0.4 is 16.0 Å². The van der Waals surface area contributed by atoms with Gasteiger partial charge < -0.3 is 25.6 Å². The van der Waals surface area contributed by atoms with E-state index in [-0.39, 0.29) is 48.5 Å². The average Bonchev–Trinajstić information content (AvgIpc) is 3.12. The van der Waals surface area contributed by atoms with Crippen LogP contribution in [0.2, 0.25) is 0 Å². The fraction of sp³-hybridized carbons (Fsp3) is 0.625. The molecule has 32 heavy (non-hydrogen) atoms. The van der Waals surface area contributed by atoms with E-state index in [0.717, 1.165) is 25.7 Å². The zero-order valence-electron chi connectivity index (χ0n) is 18.9. The summed E-state index contributed by atoms with van der Waals surface area (Å²) in [6, 6.07) is 7.07. The van der Waals surface area contributed by atoms with E-state index in [1.165, 1.54) is 11.1 Å². The predicted molar refractivity (Wildman–Crippen MR) is 120 cm³/mol. The summed E-state index contributed by atoms with van der Waals surface area (Å²) in [4.78, 5) is 40.3. The summed E-state index contributed by atoms with van der Waals surface area (Å²) in [5, 5.41) is 8.94. The number of nitrogens with one attached hydrogen (secondary N) is 3. The number of amides is 3. The lowest BCUT2D eigenvalue weighted by Crippen LogP contribution is -2.54. The molecule has 0 aromatic heterocycles. The molecule has 1 aromatic rings. The number of ether oxygens (including phenoxy) is 1. The lowest BCUT2D eigenvalue weighted by molar-refractivity contribution is -0.145. The van der Waals surface area contributed by atoms with Crippen molar-refractivity contribution in [3.63, 3.8) is 0 Å². The van der Waals surface area contributed by atoms with Crippen LogP contribution in [0, 0.1) is 0 Å². The Morgan fingerprint density at radius 2 is 1.94 bits per heavy atom. The van der Waals surface area contributed by atoms with Gasteiger partial charge in [-0.1, -0.05) is 24.3 Å². The van der Waals surface area contributed by atoms with Gasteiger partial charge in [0.1, 0.15) is 12.3 Å². The summed E-state index contributed by atoms with van der Waals surface area (Å²) in [6.45, 7) is 2.16. The summed E-state index contributed by atoms with van der Waals surface area (Å²) in [5.41, 5.74) is 2.50. The molecule has 3 amide bonds. The minimum absolute atomic E-state index is 0.0239. The molecule has 8 nitrogen and oxygen atoms in total. The molecule has 3 aliphatic rings. The van der Waals surface area contributed by atoms with Crippen molar-refractivity contribution in [3.05, 3.63) is 35.4 Å².